The zero-order chi connectivity index (χ0) is 24.1. The summed E-state index contributed by atoms with van der Waals surface area (Å²) in [5.74, 6) is -2.76. The number of alkyl halides is 3. The van der Waals surface area contributed by atoms with Crippen LogP contribution in [0.2, 0.25) is 0 Å². The number of anilines is 2. The molecule has 0 heterocycles. The van der Waals surface area contributed by atoms with Gasteiger partial charge >= 0.3 is 12.1 Å². The van der Waals surface area contributed by atoms with Gasteiger partial charge < -0.3 is 20.6 Å². The standard InChI is InChI=1S/C20H16F4N4O3S/c1-26-18(31)14-5-4-13(9-16(14)21)28(7-6-17(29)30)19(32)27-12-3-2-11(10-25)15(8-12)20(22,23)24/h2-5,8-9H,6-7H2,1H3,(H,26,31)(H,27,32)(H,29,30). The Labute approximate surface area is 185 Å². The molecular weight excluding hydrogens is 452 g/mol. The number of nitrogens with one attached hydrogen (secondary N) is 2. The molecular formula is C20H16F4N4O3S. The Morgan fingerprint density at radius 2 is 1.91 bits per heavy atom. The molecule has 7 nitrogen and oxygen atoms in total. The van der Waals surface area contributed by atoms with Gasteiger partial charge in [-0.05, 0) is 48.6 Å². The van der Waals surface area contributed by atoms with Gasteiger partial charge in [0.25, 0.3) is 5.91 Å². The number of thiocarbonyl (C=S) groups is 1. The van der Waals surface area contributed by atoms with Gasteiger partial charge in [0.2, 0.25) is 0 Å². The second kappa shape index (κ2) is 10.1. The van der Waals surface area contributed by atoms with Crippen molar-refractivity contribution >= 4 is 40.6 Å². The van der Waals surface area contributed by atoms with E-state index in [1.165, 1.54) is 36.2 Å². The Morgan fingerprint density at radius 3 is 2.44 bits per heavy atom. The van der Waals surface area contributed by atoms with Gasteiger partial charge in [-0.1, -0.05) is 0 Å². The highest BCUT2D eigenvalue weighted by atomic mass is 32.1. The first kappa shape index (κ1) is 24.5. The average Bonchev–Trinajstić information content (AvgIpc) is 2.72. The molecule has 0 bridgehead atoms. The summed E-state index contributed by atoms with van der Waals surface area (Å²) in [4.78, 5) is 23.9. The predicted molar refractivity (Wildman–Crippen MR) is 112 cm³/mol. The number of benzene rings is 2. The van der Waals surface area contributed by atoms with Crippen molar-refractivity contribution in [1.82, 2.24) is 5.32 Å². The third kappa shape index (κ3) is 5.92. The van der Waals surface area contributed by atoms with Gasteiger partial charge in [0.05, 0.1) is 29.2 Å². The zero-order valence-corrected chi connectivity index (χ0v) is 17.3. The van der Waals surface area contributed by atoms with E-state index in [2.05, 4.69) is 10.6 Å². The Balaban J connectivity index is 2.39. The van der Waals surface area contributed by atoms with E-state index < -0.39 is 41.4 Å². The SMILES string of the molecule is CNC(=O)c1ccc(N(CCC(=O)O)C(=S)Nc2ccc(C#N)c(C(F)(F)F)c2)cc1F. The molecule has 0 spiro atoms. The van der Waals surface area contributed by atoms with E-state index in [1.807, 2.05) is 0 Å². The van der Waals surface area contributed by atoms with Crippen molar-refractivity contribution in [3.63, 3.8) is 0 Å². The monoisotopic (exact) mass is 468 g/mol. The number of carboxylic acid groups (broad SMARTS) is 1. The number of aliphatic carboxylic acids is 1. The van der Waals surface area contributed by atoms with Crippen molar-refractivity contribution in [3.8, 4) is 6.07 Å². The second-order valence-electron chi connectivity index (χ2n) is 6.34. The summed E-state index contributed by atoms with van der Waals surface area (Å²) in [6, 6.07) is 7.76. The fourth-order valence-electron chi connectivity index (χ4n) is 2.69. The normalized spacial score (nSPS) is 10.8. The number of hydrogen-bond donors (Lipinski definition) is 3. The highest BCUT2D eigenvalue weighted by Gasteiger charge is 2.34. The van der Waals surface area contributed by atoms with Crippen LogP contribution in [-0.4, -0.2) is 35.7 Å². The van der Waals surface area contributed by atoms with Crippen LogP contribution >= 0.6 is 12.2 Å². The molecule has 3 N–H and O–H groups in total. The smallest absolute Gasteiger partial charge is 0.417 e. The second-order valence-corrected chi connectivity index (χ2v) is 6.73. The van der Waals surface area contributed by atoms with Crippen molar-refractivity contribution in [3.05, 3.63) is 58.9 Å². The van der Waals surface area contributed by atoms with Crippen LogP contribution in [0.3, 0.4) is 0 Å². The summed E-state index contributed by atoms with van der Waals surface area (Å²) in [6.07, 6.45) is -5.20. The molecule has 0 unspecified atom stereocenters. The van der Waals surface area contributed by atoms with E-state index in [9.17, 15) is 27.2 Å². The first-order chi connectivity index (χ1) is 15.0. The van der Waals surface area contributed by atoms with E-state index >= 15 is 0 Å². The van der Waals surface area contributed by atoms with Crippen LogP contribution in [0, 0.1) is 17.1 Å². The van der Waals surface area contributed by atoms with Crippen molar-refractivity contribution in [1.29, 1.82) is 5.26 Å². The zero-order valence-electron chi connectivity index (χ0n) is 16.5. The minimum Gasteiger partial charge on any atom is -0.481 e. The first-order valence-corrected chi connectivity index (χ1v) is 9.32. The molecule has 32 heavy (non-hydrogen) atoms. The Morgan fingerprint density at radius 1 is 1.22 bits per heavy atom. The molecule has 168 valence electrons. The lowest BCUT2D eigenvalue weighted by molar-refractivity contribution is -0.138. The van der Waals surface area contributed by atoms with E-state index in [0.29, 0.717) is 6.07 Å². The Bertz CT molecular complexity index is 1100. The maximum atomic E-state index is 14.4. The Kier molecular flexibility index (Phi) is 7.72. The van der Waals surface area contributed by atoms with Crippen LogP contribution in [-0.2, 0) is 11.0 Å². The van der Waals surface area contributed by atoms with Gasteiger partial charge in [0.1, 0.15) is 5.82 Å². The lowest BCUT2D eigenvalue weighted by Crippen LogP contribution is -2.36. The molecule has 2 aromatic rings. The highest BCUT2D eigenvalue weighted by molar-refractivity contribution is 7.80. The van der Waals surface area contributed by atoms with Gasteiger partial charge in [0.15, 0.2) is 5.11 Å². The number of carbonyl (C=O) groups is 2. The van der Waals surface area contributed by atoms with Gasteiger partial charge in [-0.25, -0.2) is 4.39 Å². The molecule has 0 radical (unpaired) electrons. The van der Waals surface area contributed by atoms with E-state index in [4.69, 9.17) is 22.6 Å². The molecule has 0 aromatic heterocycles. The lowest BCUT2D eigenvalue weighted by atomic mass is 10.1. The molecule has 1 amide bonds. The fourth-order valence-corrected chi connectivity index (χ4v) is 3.01. The van der Waals surface area contributed by atoms with Gasteiger partial charge in [-0.2, -0.15) is 18.4 Å². The highest BCUT2D eigenvalue weighted by Crippen LogP contribution is 2.33. The van der Waals surface area contributed by atoms with Crippen molar-refractivity contribution < 1.29 is 32.3 Å². The number of halogens is 4. The molecule has 0 atom stereocenters. The third-order valence-electron chi connectivity index (χ3n) is 4.23. The maximum Gasteiger partial charge on any atom is 0.417 e. The third-order valence-corrected chi connectivity index (χ3v) is 4.55. The van der Waals surface area contributed by atoms with Crippen molar-refractivity contribution in [2.75, 3.05) is 23.8 Å². The number of nitrogens with zero attached hydrogens (tertiary/aromatic N) is 2. The first-order valence-electron chi connectivity index (χ1n) is 8.91. The molecule has 0 saturated carbocycles. The van der Waals surface area contributed by atoms with Crippen LogP contribution in [0.4, 0.5) is 28.9 Å². The molecule has 2 rings (SSSR count). The fraction of sp³-hybridized carbons (Fsp3) is 0.200. The quantitative estimate of drug-likeness (QED) is 0.438. The number of hydrogen-bond acceptors (Lipinski definition) is 4. The largest absolute Gasteiger partial charge is 0.481 e. The molecule has 2 aromatic carbocycles. The molecule has 12 heteroatoms. The summed E-state index contributed by atoms with van der Waals surface area (Å²) in [7, 11) is 1.32. The summed E-state index contributed by atoms with van der Waals surface area (Å²) in [6.45, 7) is -0.234. The molecule has 0 saturated heterocycles. The molecule has 0 fully saturated rings. The summed E-state index contributed by atoms with van der Waals surface area (Å²) in [5, 5.41) is 22.5. The number of nitriles is 1. The minimum atomic E-state index is -4.79. The number of carboxylic acids is 1. The Hall–Kier alpha value is -3.72. The van der Waals surface area contributed by atoms with Crippen LogP contribution in [0.25, 0.3) is 0 Å². The lowest BCUT2D eigenvalue weighted by Gasteiger charge is -2.26. The number of carbonyl (C=O) groups excluding carboxylic acids is 1. The van der Waals surface area contributed by atoms with Crippen molar-refractivity contribution in [2.24, 2.45) is 0 Å². The average molecular weight is 468 g/mol. The van der Waals surface area contributed by atoms with Crippen LogP contribution in [0.15, 0.2) is 36.4 Å². The van der Waals surface area contributed by atoms with Gasteiger partial charge in [0, 0.05) is 25.0 Å². The summed E-state index contributed by atoms with van der Waals surface area (Å²) < 4.78 is 54.0. The maximum absolute atomic E-state index is 14.4. The minimum absolute atomic E-state index is 0.0820. The van der Waals surface area contributed by atoms with E-state index in [0.717, 1.165) is 12.1 Å². The van der Waals surface area contributed by atoms with Crippen LogP contribution < -0.4 is 15.5 Å². The van der Waals surface area contributed by atoms with Gasteiger partial charge in [-0.3, -0.25) is 9.59 Å². The molecule has 0 aliphatic heterocycles. The van der Waals surface area contributed by atoms with Gasteiger partial charge in [-0.15, -0.1) is 0 Å². The summed E-state index contributed by atoms with van der Waals surface area (Å²) in [5.41, 5.74) is -2.03. The van der Waals surface area contributed by atoms with Crippen molar-refractivity contribution in [2.45, 2.75) is 12.6 Å². The topological polar surface area (TPSA) is 105 Å². The number of rotatable bonds is 6. The predicted octanol–water partition coefficient (Wildman–Crippen LogP) is 3.75. The van der Waals surface area contributed by atoms with Crippen LogP contribution in [0.1, 0.15) is 27.9 Å². The van der Waals surface area contributed by atoms with Crippen LogP contribution in [0.5, 0.6) is 0 Å². The van der Waals surface area contributed by atoms with E-state index in [-0.39, 0.29) is 28.6 Å². The molecule has 0 aliphatic rings. The molecule has 0 aliphatic carbocycles. The summed E-state index contributed by atoms with van der Waals surface area (Å²) >= 11 is 5.21. The van der Waals surface area contributed by atoms with E-state index in [1.54, 1.807) is 0 Å². The number of amides is 1.